The third-order valence-electron chi connectivity index (χ3n) is 7.71. The van der Waals surface area contributed by atoms with E-state index < -0.39 is 29.1 Å². The number of hydrogen-bond acceptors (Lipinski definition) is 6. The molecule has 0 atom stereocenters. The lowest BCUT2D eigenvalue weighted by Gasteiger charge is -2.27. The fourth-order valence-electron chi connectivity index (χ4n) is 5.46. The number of fused-ring (bicyclic) bond motifs is 1. The van der Waals surface area contributed by atoms with Gasteiger partial charge in [0.15, 0.2) is 0 Å². The molecule has 4 rings (SSSR count). The monoisotopic (exact) mass is 697 g/mol. The predicted molar refractivity (Wildman–Crippen MR) is 189 cm³/mol. The highest BCUT2D eigenvalue weighted by Crippen LogP contribution is 2.41. The molecule has 0 saturated carbocycles. The van der Waals surface area contributed by atoms with Gasteiger partial charge < -0.3 is 13.9 Å². The van der Waals surface area contributed by atoms with E-state index in [9.17, 15) is 22.8 Å². The number of nitrogens with zero attached hydrogens (tertiary/aromatic N) is 1. The highest BCUT2D eigenvalue weighted by atomic mass is 35.5. The van der Waals surface area contributed by atoms with Gasteiger partial charge >= 0.3 is 12.1 Å². The summed E-state index contributed by atoms with van der Waals surface area (Å²) in [5.74, 6) is -2.93. The number of ether oxygens (including phenoxy) is 2. The van der Waals surface area contributed by atoms with Crippen LogP contribution in [0.5, 0.6) is 17.2 Å². The van der Waals surface area contributed by atoms with Gasteiger partial charge in [-0.3, -0.25) is 9.69 Å². The van der Waals surface area contributed by atoms with Crippen LogP contribution in [0.25, 0.3) is 17.0 Å². The molecule has 0 aliphatic heterocycles. The van der Waals surface area contributed by atoms with E-state index in [1.807, 2.05) is 56.9 Å². The third-order valence-corrected chi connectivity index (χ3v) is 8.14. The minimum atomic E-state index is -5.09. The highest BCUT2D eigenvalue weighted by molar-refractivity contribution is 6.31. The second-order valence-corrected chi connectivity index (χ2v) is 14.5. The molecule has 0 saturated heterocycles. The maximum atomic E-state index is 14.6. The predicted octanol–water partition coefficient (Wildman–Crippen LogP) is 10.6. The maximum Gasteiger partial charge on any atom is 0.453 e. The van der Waals surface area contributed by atoms with Crippen LogP contribution in [0, 0.1) is 18.8 Å². The molecule has 0 amide bonds. The summed E-state index contributed by atoms with van der Waals surface area (Å²) in [5, 5.41) is 0.244. The van der Waals surface area contributed by atoms with Gasteiger partial charge in [0.1, 0.15) is 17.1 Å². The topological polar surface area (TPSA) is 69.0 Å². The van der Waals surface area contributed by atoms with Crippen LogP contribution in [0.3, 0.4) is 0 Å². The minimum Gasteiger partial charge on any atom is -0.449 e. The van der Waals surface area contributed by atoms with Gasteiger partial charge in [-0.15, -0.1) is 0 Å². The molecule has 0 aliphatic carbocycles. The second kappa shape index (κ2) is 15.2. The van der Waals surface area contributed by atoms with Crippen molar-refractivity contribution in [1.29, 1.82) is 0 Å². The summed E-state index contributed by atoms with van der Waals surface area (Å²) < 4.78 is 60.6. The maximum absolute atomic E-state index is 14.6. The van der Waals surface area contributed by atoms with Gasteiger partial charge in [-0.2, -0.15) is 13.2 Å². The van der Waals surface area contributed by atoms with Crippen LogP contribution in [-0.4, -0.2) is 24.0 Å². The van der Waals surface area contributed by atoms with Crippen molar-refractivity contribution in [3.05, 3.63) is 104 Å². The molecule has 0 unspecified atom stereocenters. The van der Waals surface area contributed by atoms with Crippen molar-refractivity contribution in [1.82, 2.24) is 4.90 Å². The standard InChI is InChI=1S/C39H43ClF3NO5/c1-23(2)20-44(21-24(3)4)22-30-32(48-33(45)18-11-26-9-12-27(13-10-26)38(6,7)8)17-15-29-34(46)36(37(39(41,42)43)49-35(29)30)47-28-14-16-31(40)25(5)19-28/h9-19,23-24H,20-22H2,1-8H3. The van der Waals surface area contributed by atoms with E-state index in [0.29, 0.717) is 23.7 Å². The van der Waals surface area contributed by atoms with Crippen molar-refractivity contribution in [3.8, 4) is 17.2 Å². The first-order valence-electron chi connectivity index (χ1n) is 16.2. The van der Waals surface area contributed by atoms with Crippen LogP contribution >= 0.6 is 11.6 Å². The zero-order valence-corrected chi connectivity index (χ0v) is 29.9. The summed E-state index contributed by atoms with van der Waals surface area (Å²) in [6.07, 6.45) is -2.24. The summed E-state index contributed by atoms with van der Waals surface area (Å²) in [6, 6.07) is 14.7. The van der Waals surface area contributed by atoms with E-state index in [-0.39, 0.29) is 51.8 Å². The summed E-state index contributed by atoms with van der Waals surface area (Å²) >= 11 is 6.08. The van der Waals surface area contributed by atoms with Gasteiger partial charge in [0.05, 0.1) is 10.9 Å². The lowest BCUT2D eigenvalue weighted by atomic mass is 9.87. The van der Waals surface area contributed by atoms with Crippen molar-refractivity contribution >= 4 is 34.6 Å². The molecule has 0 fully saturated rings. The van der Waals surface area contributed by atoms with Crippen molar-refractivity contribution in [2.45, 2.75) is 73.5 Å². The molecule has 262 valence electrons. The van der Waals surface area contributed by atoms with E-state index in [0.717, 1.165) is 11.1 Å². The van der Waals surface area contributed by atoms with Crippen LogP contribution in [0.1, 0.15) is 76.5 Å². The first-order chi connectivity index (χ1) is 22.8. The second-order valence-electron chi connectivity index (χ2n) is 14.1. The molecule has 0 spiro atoms. The average molecular weight is 698 g/mol. The molecule has 0 radical (unpaired) electrons. The third kappa shape index (κ3) is 9.76. The minimum absolute atomic E-state index is 0.00954. The zero-order chi connectivity index (χ0) is 36.3. The lowest BCUT2D eigenvalue weighted by Crippen LogP contribution is -2.31. The van der Waals surface area contributed by atoms with E-state index >= 15 is 0 Å². The van der Waals surface area contributed by atoms with Crippen LogP contribution in [0.2, 0.25) is 5.02 Å². The van der Waals surface area contributed by atoms with Crippen molar-refractivity contribution in [2.75, 3.05) is 13.1 Å². The van der Waals surface area contributed by atoms with Crippen molar-refractivity contribution in [2.24, 2.45) is 11.8 Å². The van der Waals surface area contributed by atoms with Gasteiger partial charge in [0, 0.05) is 30.7 Å². The molecule has 10 heteroatoms. The van der Waals surface area contributed by atoms with E-state index in [2.05, 4.69) is 20.8 Å². The fraction of sp³-hybridized carbons (Fsp3) is 0.385. The normalized spacial score (nSPS) is 12.6. The van der Waals surface area contributed by atoms with Crippen LogP contribution in [0.4, 0.5) is 13.2 Å². The molecular formula is C39H43ClF3NO5. The smallest absolute Gasteiger partial charge is 0.449 e. The van der Waals surface area contributed by atoms with Gasteiger partial charge in [-0.25, -0.2) is 4.79 Å². The molecule has 3 aromatic carbocycles. The Bertz CT molecular complexity index is 1880. The Hall–Kier alpha value is -4.08. The largest absolute Gasteiger partial charge is 0.453 e. The van der Waals surface area contributed by atoms with Crippen molar-refractivity contribution < 1.29 is 31.9 Å². The van der Waals surface area contributed by atoms with Gasteiger partial charge in [0.2, 0.25) is 11.2 Å². The Morgan fingerprint density at radius 1 is 0.959 bits per heavy atom. The Morgan fingerprint density at radius 3 is 2.14 bits per heavy atom. The number of esters is 1. The first kappa shape index (κ1) is 37.7. The van der Waals surface area contributed by atoms with Crippen LogP contribution in [-0.2, 0) is 22.9 Å². The van der Waals surface area contributed by atoms with Crippen LogP contribution in [0.15, 0.2) is 69.9 Å². The number of aryl methyl sites for hydroxylation is 1. The number of carbonyl (C=O) groups excluding carboxylic acids is 1. The number of rotatable bonds is 11. The highest BCUT2D eigenvalue weighted by Gasteiger charge is 2.41. The quantitative estimate of drug-likeness (QED) is 0.0883. The summed E-state index contributed by atoms with van der Waals surface area (Å²) in [6.45, 7) is 17.3. The summed E-state index contributed by atoms with van der Waals surface area (Å²) in [4.78, 5) is 28.9. The van der Waals surface area contributed by atoms with Gasteiger partial charge in [0.25, 0.3) is 5.76 Å². The average Bonchev–Trinajstić information content (AvgIpc) is 2.99. The Kier molecular flexibility index (Phi) is 11.7. The SMILES string of the molecule is Cc1cc(Oc2c(C(F)(F)F)oc3c(CN(CC(C)C)CC(C)C)c(OC(=O)C=Cc4ccc(C(C)(C)C)cc4)ccc3c2=O)ccc1Cl. The molecule has 4 aromatic rings. The van der Waals surface area contributed by atoms with E-state index in [4.69, 9.17) is 25.5 Å². The number of alkyl halides is 3. The summed E-state index contributed by atoms with van der Waals surface area (Å²) in [5.41, 5.74) is 1.23. The Labute approximate surface area is 290 Å². The molecule has 0 bridgehead atoms. The molecule has 6 nitrogen and oxygen atoms in total. The Balaban J connectivity index is 1.83. The molecule has 0 N–H and O–H groups in total. The molecular weight excluding hydrogens is 655 g/mol. The zero-order valence-electron chi connectivity index (χ0n) is 29.1. The molecule has 49 heavy (non-hydrogen) atoms. The summed E-state index contributed by atoms with van der Waals surface area (Å²) in [7, 11) is 0. The number of benzene rings is 3. The van der Waals surface area contributed by atoms with Crippen molar-refractivity contribution in [3.63, 3.8) is 0 Å². The number of carbonyl (C=O) groups is 1. The first-order valence-corrected chi connectivity index (χ1v) is 16.6. The molecule has 1 aromatic heterocycles. The van der Waals surface area contributed by atoms with Gasteiger partial charge in [-0.05, 0) is 77.3 Å². The fourth-order valence-corrected chi connectivity index (χ4v) is 5.58. The number of halogens is 4. The lowest BCUT2D eigenvalue weighted by molar-refractivity contribution is -0.154. The van der Waals surface area contributed by atoms with Crippen LogP contribution < -0.4 is 14.9 Å². The van der Waals surface area contributed by atoms with Gasteiger partial charge in [-0.1, -0.05) is 84.3 Å². The molecule has 1 heterocycles. The van der Waals surface area contributed by atoms with E-state index in [1.165, 1.54) is 36.4 Å². The Morgan fingerprint density at radius 2 is 1.59 bits per heavy atom. The van der Waals surface area contributed by atoms with E-state index in [1.54, 1.807) is 13.0 Å². The molecule has 0 aliphatic rings. The number of hydrogen-bond donors (Lipinski definition) is 0.